The standard InChI is InChI=1S/C15H21F3N2/c1-2-20-9-7-14(8-10-20)19-11-12-3-5-13(6-4-12)15(16,17)18/h3-6,14,19H,2,7-11H2,1H3/p+2. The molecule has 1 aromatic rings. The van der Waals surface area contributed by atoms with Crippen molar-refractivity contribution in [3.8, 4) is 0 Å². The van der Waals surface area contributed by atoms with Gasteiger partial charge >= 0.3 is 6.18 Å². The van der Waals surface area contributed by atoms with Gasteiger partial charge in [-0.2, -0.15) is 13.2 Å². The van der Waals surface area contributed by atoms with E-state index in [1.165, 1.54) is 44.6 Å². The minimum atomic E-state index is -4.24. The molecule has 0 aliphatic carbocycles. The maximum atomic E-state index is 12.5. The zero-order valence-corrected chi connectivity index (χ0v) is 11.8. The van der Waals surface area contributed by atoms with Crippen LogP contribution in [0.5, 0.6) is 0 Å². The third-order valence-electron chi connectivity index (χ3n) is 4.21. The summed E-state index contributed by atoms with van der Waals surface area (Å²) in [6.07, 6.45) is -1.84. The number of hydrogen-bond donors (Lipinski definition) is 2. The van der Waals surface area contributed by atoms with Crippen molar-refractivity contribution in [2.75, 3.05) is 19.6 Å². The third-order valence-corrected chi connectivity index (χ3v) is 4.21. The number of halogens is 3. The quantitative estimate of drug-likeness (QED) is 0.819. The second-order valence-electron chi connectivity index (χ2n) is 5.58. The number of nitrogens with one attached hydrogen (secondary N) is 1. The first-order valence-corrected chi connectivity index (χ1v) is 7.32. The molecule has 0 radical (unpaired) electrons. The Morgan fingerprint density at radius 3 is 2.25 bits per heavy atom. The Kier molecular flexibility index (Phi) is 5.05. The van der Waals surface area contributed by atoms with Gasteiger partial charge in [-0.25, -0.2) is 0 Å². The summed E-state index contributed by atoms with van der Waals surface area (Å²) in [5.74, 6) is 0. The minimum absolute atomic E-state index is 0.568. The Bertz CT molecular complexity index is 406. The first kappa shape index (κ1) is 15.3. The molecule has 0 bridgehead atoms. The van der Waals surface area contributed by atoms with Gasteiger partial charge in [0.25, 0.3) is 0 Å². The van der Waals surface area contributed by atoms with Crippen molar-refractivity contribution in [3.63, 3.8) is 0 Å². The molecule has 0 aromatic heterocycles. The van der Waals surface area contributed by atoms with Gasteiger partial charge < -0.3 is 10.2 Å². The smallest absolute Gasteiger partial charge is 0.340 e. The Hall–Kier alpha value is -1.07. The van der Waals surface area contributed by atoms with E-state index in [1.54, 1.807) is 17.0 Å². The van der Waals surface area contributed by atoms with Crippen LogP contribution < -0.4 is 10.2 Å². The highest BCUT2D eigenvalue weighted by Crippen LogP contribution is 2.28. The van der Waals surface area contributed by atoms with Crippen molar-refractivity contribution in [1.82, 2.24) is 0 Å². The van der Waals surface area contributed by atoms with Crippen molar-refractivity contribution in [3.05, 3.63) is 35.4 Å². The molecule has 3 N–H and O–H groups in total. The van der Waals surface area contributed by atoms with Gasteiger partial charge in [0.05, 0.1) is 31.2 Å². The van der Waals surface area contributed by atoms with Crippen molar-refractivity contribution in [1.29, 1.82) is 0 Å². The van der Waals surface area contributed by atoms with Gasteiger partial charge in [-0.15, -0.1) is 0 Å². The molecule has 2 rings (SSSR count). The lowest BCUT2D eigenvalue weighted by molar-refractivity contribution is -0.912. The van der Waals surface area contributed by atoms with Crippen LogP contribution in [-0.4, -0.2) is 25.7 Å². The highest BCUT2D eigenvalue weighted by atomic mass is 19.4. The molecule has 0 saturated carbocycles. The number of rotatable bonds is 4. The zero-order chi connectivity index (χ0) is 14.6. The van der Waals surface area contributed by atoms with Crippen LogP contribution in [0.1, 0.15) is 30.9 Å². The first-order chi connectivity index (χ1) is 9.49. The molecular formula is C15H23F3N2+2. The predicted molar refractivity (Wildman–Crippen MR) is 71.3 cm³/mol. The molecule has 1 saturated heterocycles. The predicted octanol–water partition coefficient (Wildman–Crippen LogP) is 0.836. The summed E-state index contributed by atoms with van der Waals surface area (Å²) in [6.45, 7) is 6.59. The molecule has 0 amide bonds. The van der Waals surface area contributed by atoms with E-state index < -0.39 is 11.7 Å². The molecule has 5 heteroatoms. The maximum Gasteiger partial charge on any atom is 0.416 e. The second-order valence-corrected chi connectivity index (χ2v) is 5.58. The molecule has 2 nitrogen and oxygen atoms in total. The van der Waals surface area contributed by atoms with Gasteiger partial charge in [0.1, 0.15) is 6.54 Å². The van der Waals surface area contributed by atoms with E-state index in [2.05, 4.69) is 12.2 Å². The van der Waals surface area contributed by atoms with Crippen LogP contribution >= 0.6 is 0 Å². The molecule has 1 heterocycles. The summed E-state index contributed by atoms with van der Waals surface area (Å²) in [5, 5.41) is 2.27. The van der Waals surface area contributed by atoms with Gasteiger partial charge in [-0.1, -0.05) is 12.1 Å². The van der Waals surface area contributed by atoms with E-state index in [4.69, 9.17) is 0 Å². The van der Waals surface area contributed by atoms with E-state index in [9.17, 15) is 13.2 Å². The van der Waals surface area contributed by atoms with Crippen molar-refractivity contribution in [2.24, 2.45) is 0 Å². The van der Waals surface area contributed by atoms with E-state index in [0.29, 0.717) is 6.04 Å². The van der Waals surface area contributed by atoms with Gasteiger partial charge in [-0.05, 0) is 19.1 Å². The number of quaternary nitrogens is 2. The van der Waals surface area contributed by atoms with Gasteiger partial charge in [0.15, 0.2) is 0 Å². The molecule has 1 aromatic carbocycles. The van der Waals surface area contributed by atoms with Gasteiger partial charge in [-0.3, -0.25) is 0 Å². The molecule has 1 aliphatic heterocycles. The van der Waals surface area contributed by atoms with E-state index in [-0.39, 0.29) is 0 Å². The molecule has 1 aliphatic rings. The Balaban J connectivity index is 1.80. The van der Waals surface area contributed by atoms with E-state index in [1.807, 2.05) is 0 Å². The topological polar surface area (TPSA) is 21.1 Å². The lowest BCUT2D eigenvalue weighted by Gasteiger charge is -2.27. The molecule has 20 heavy (non-hydrogen) atoms. The van der Waals surface area contributed by atoms with Crippen LogP contribution in [0.2, 0.25) is 0 Å². The van der Waals surface area contributed by atoms with Crippen molar-refractivity contribution < 1.29 is 23.4 Å². The molecule has 0 unspecified atom stereocenters. The fourth-order valence-corrected chi connectivity index (χ4v) is 2.77. The van der Waals surface area contributed by atoms with Crippen LogP contribution in [0.25, 0.3) is 0 Å². The summed E-state index contributed by atoms with van der Waals surface area (Å²) in [7, 11) is 0. The number of alkyl halides is 3. The molecule has 112 valence electrons. The second kappa shape index (κ2) is 6.59. The minimum Gasteiger partial charge on any atom is -0.340 e. The molecule has 1 fully saturated rings. The largest absolute Gasteiger partial charge is 0.416 e. The average molecular weight is 288 g/mol. The van der Waals surface area contributed by atoms with Gasteiger partial charge in [0.2, 0.25) is 0 Å². The highest BCUT2D eigenvalue weighted by molar-refractivity contribution is 5.23. The summed E-state index contributed by atoms with van der Waals surface area (Å²) in [6, 6.07) is 6.14. The monoisotopic (exact) mass is 288 g/mol. The lowest BCUT2D eigenvalue weighted by atomic mass is 10.0. The summed E-state index contributed by atoms with van der Waals surface area (Å²) < 4.78 is 37.4. The normalized spacial score (nSPS) is 23.8. The average Bonchev–Trinajstić information content (AvgIpc) is 2.45. The fourth-order valence-electron chi connectivity index (χ4n) is 2.77. The summed E-state index contributed by atoms with van der Waals surface area (Å²) in [5.41, 5.74) is 0.393. The van der Waals surface area contributed by atoms with Crippen molar-refractivity contribution in [2.45, 2.75) is 38.5 Å². The van der Waals surface area contributed by atoms with E-state index in [0.717, 1.165) is 12.1 Å². The number of piperidine rings is 1. The first-order valence-electron chi connectivity index (χ1n) is 7.32. The van der Waals surface area contributed by atoms with E-state index >= 15 is 0 Å². The van der Waals surface area contributed by atoms with Crippen LogP contribution in [0.4, 0.5) is 13.2 Å². The summed E-state index contributed by atoms with van der Waals surface area (Å²) in [4.78, 5) is 1.66. The SMILES string of the molecule is CC[NH+]1CCC([NH2+]Cc2ccc(C(F)(F)F)cc2)CC1. The molecular weight excluding hydrogens is 265 g/mol. The lowest BCUT2D eigenvalue weighted by Crippen LogP contribution is -3.14. The summed E-state index contributed by atoms with van der Waals surface area (Å²) >= 11 is 0. The van der Waals surface area contributed by atoms with Crippen LogP contribution in [0, 0.1) is 0 Å². The number of benzene rings is 1. The van der Waals surface area contributed by atoms with Crippen LogP contribution in [0.3, 0.4) is 0 Å². The highest BCUT2D eigenvalue weighted by Gasteiger charge is 2.30. The number of hydrogen-bond acceptors (Lipinski definition) is 0. The number of likely N-dealkylation sites (tertiary alicyclic amines) is 1. The van der Waals surface area contributed by atoms with Crippen molar-refractivity contribution >= 4 is 0 Å². The third kappa shape index (κ3) is 4.21. The van der Waals surface area contributed by atoms with Crippen LogP contribution in [0.15, 0.2) is 24.3 Å². The number of nitrogens with two attached hydrogens (primary N) is 1. The Morgan fingerprint density at radius 1 is 1.15 bits per heavy atom. The Labute approximate surface area is 118 Å². The Morgan fingerprint density at radius 2 is 1.75 bits per heavy atom. The molecule has 0 atom stereocenters. The maximum absolute atomic E-state index is 12.5. The molecule has 0 spiro atoms. The fraction of sp³-hybridized carbons (Fsp3) is 0.600. The zero-order valence-electron chi connectivity index (χ0n) is 11.8. The van der Waals surface area contributed by atoms with Gasteiger partial charge in [0, 0.05) is 18.4 Å². The van der Waals surface area contributed by atoms with Crippen LogP contribution in [-0.2, 0) is 12.7 Å².